The normalized spacial score (nSPS) is 12.1. The number of benzene rings is 1. The van der Waals surface area contributed by atoms with Gasteiger partial charge in [0.05, 0.1) is 4.90 Å². The number of esters is 1. The van der Waals surface area contributed by atoms with E-state index in [1.165, 1.54) is 69.2 Å². The van der Waals surface area contributed by atoms with Gasteiger partial charge in [-0.3, -0.25) is 4.79 Å². The zero-order chi connectivity index (χ0) is 16.9. The fourth-order valence-corrected chi connectivity index (χ4v) is 2.76. The highest BCUT2D eigenvalue weighted by Gasteiger charge is 2.06. The zero-order valence-corrected chi connectivity index (χ0v) is 14.8. The van der Waals surface area contributed by atoms with Crippen LogP contribution < -0.4 is 4.74 Å². The molecular formula is C18H28O4S. The van der Waals surface area contributed by atoms with Crippen molar-refractivity contribution < 1.29 is 18.3 Å². The SMILES string of the molecule is CCCCCCCCCCCC(=O)Oc1ccc(S(=O)O)cc1. The van der Waals surface area contributed by atoms with E-state index >= 15 is 0 Å². The molecule has 23 heavy (non-hydrogen) atoms. The Balaban J connectivity index is 2.07. The maximum absolute atomic E-state index is 11.7. The van der Waals surface area contributed by atoms with Crippen LogP contribution in [0.15, 0.2) is 29.2 Å². The molecule has 4 nitrogen and oxygen atoms in total. The minimum absolute atomic E-state index is 0.245. The Kier molecular flexibility index (Phi) is 10.6. The van der Waals surface area contributed by atoms with Crippen LogP contribution >= 0.6 is 0 Å². The molecule has 0 heterocycles. The van der Waals surface area contributed by atoms with Gasteiger partial charge in [0, 0.05) is 6.42 Å². The van der Waals surface area contributed by atoms with Crippen LogP contribution in [-0.2, 0) is 15.9 Å². The molecule has 0 fully saturated rings. The standard InChI is InChI=1S/C18H28O4S/c1-2-3-4-5-6-7-8-9-10-11-18(19)22-16-12-14-17(15-13-16)23(20)21/h12-15H,2-11H2,1H3,(H,20,21). The van der Waals surface area contributed by atoms with Crippen molar-refractivity contribution in [3.05, 3.63) is 24.3 Å². The molecule has 1 aromatic carbocycles. The molecule has 1 N–H and O–H groups in total. The van der Waals surface area contributed by atoms with Gasteiger partial charge in [-0.15, -0.1) is 0 Å². The summed E-state index contributed by atoms with van der Waals surface area (Å²) in [5, 5.41) is 0. The zero-order valence-electron chi connectivity index (χ0n) is 14.0. The quantitative estimate of drug-likeness (QED) is 0.249. The molecule has 0 aliphatic rings. The number of ether oxygens (including phenoxy) is 1. The van der Waals surface area contributed by atoms with Crippen molar-refractivity contribution in [3.8, 4) is 5.75 Å². The van der Waals surface area contributed by atoms with Gasteiger partial charge in [-0.2, -0.15) is 0 Å². The van der Waals surface area contributed by atoms with Crippen LogP contribution in [0.5, 0.6) is 5.75 Å². The van der Waals surface area contributed by atoms with E-state index in [4.69, 9.17) is 9.29 Å². The summed E-state index contributed by atoms with van der Waals surface area (Å²) in [6.07, 6.45) is 11.3. The summed E-state index contributed by atoms with van der Waals surface area (Å²) in [6.45, 7) is 2.22. The van der Waals surface area contributed by atoms with E-state index in [0.29, 0.717) is 17.1 Å². The van der Waals surface area contributed by atoms with Crippen LogP contribution in [0.3, 0.4) is 0 Å². The second kappa shape index (κ2) is 12.3. The number of carbonyl (C=O) groups excluding carboxylic acids is 1. The van der Waals surface area contributed by atoms with Gasteiger partial charge in [0.25, 0.3) is 0 Å². The fourth-order valence-electron chi connectivity index (χ4n) is 2.39. The van der Waals surface area contributed by atoms with Gasteiger partial charge >= 0.3 is 5.97 Å². The monoisotopic (exact) mass is 340 g/mol. The molecular weight excluding hydrogens is 312 g/mol. The van der Waals surface area contributed by atoms with Gasteiger partial charge in [-0.25, -0.2) is 4.21 Å². The topological polar surface area (TPSA) is 63.6 Å². The van der Waals surface area contributed by atoms with E-state index < -0.39 is 11.1 Å². The Hall–Kier alpha value is -1.20. The van der Waals surface area contributed by atoms with Crippen LogP contribution in [0.2, 0.25) is 0 Å². The van der Waals surface area contributed by atoms with Crippen molar-refractivity contribution in [1.29, 1.82) is 0 Å². The number of rotatable bonds is 12. The smallest absolute Gasteiger partial charge is 0.311 e. The third-order valence-corrected chi connectivity index (χ3v) is 4.42. The lowest BCUT2D eigenvalue weighted by Crippen LogP contribution is -2.07. The van der Waals surface area contributed by atoms with Gasteiger partial charge in [-0.1, -0.05) is 58.3 Å². The molecule has 130 valence electrons. The maximum Gasteiger partial charge on any atom is 0.311 e. The highest BCUT2D eigenvalue weighted by molar-refractivity contribution is 7.79. The average Bonchev–Trinajstić information content (AvgIpc) is 2.54. The van der Waals surface area contributed by atoms with Crippen LogP contribution in [-0.4, -0.2) is 14.7 Å². The molecule has 0 saturated heterocycles. The van der Waals surface area contributed by atoms with Crippen LogP contribution in [0.25, 0.3) is 0 Å². The predicted octanol–water partition coefficient (Wildman–Crippen LogP) is 5.09. The van der Waals surface area contributed by atoms with Gasteiger partial charge in [-0.05, 0) is 30.7 Å². The van der Waals surface area contributed by atoms with E-state index in [-0.39, 0.29) is 5.97 Å². The maximum atomic E-state index is 11.7. The van der Waals surface area contributed by atoms with Gasteiger partial charge < -0.3 is 9.29 Å². The number of unbranched alkanes of at least 4 members (excludes halogenated alkanes) is 8. The van der Waals surface area contributed by atoms with Crippen molar-refractivity contribution in [2.75, 3.05) is 0 Å². The van der Waals surface area contributed by atoms with Gasteiger partial charge in [0.2, 0.25) is 0 Å². The first-order valence-corrected chi connectivity index (χ1v) is 9.65. The molecule has 0 aliphatic carbocycles. The predicted molar refractivity (Wildman–Crippen MR) is 93.0 cm³/mol. The molecule has 0 radical (unpaired) electrons. The first-order valence-electron chi connectivity index (χ1n) is 8.55. The number of hydrogen-bond acceptors (Lipinski definition) is 3. The third-order valence-electron chi connectivity index (χ3n) is 3.74. The summed E-state index contributed by atoms with van der Waals surface area (Å²) in [5.41, 5.74) is 0. The summed E-state index contributed by atoms with van der Waals surface area (Å²) in [5.74, 6) is 0.172. The lowest BCUT2D eigenvalue weighted by molar-refractivity contribution is -0.134. The third kappa shape index (κ3) is 9.51. The molecule has 0 spiro atoms. The molecule has 1 unspecified atom stereocenters. The first kappa shape index (κ1) is 19.8. The molecule has 0 amide bonds. The Labute approximate surface area is 141 Å². The van der Waals surface area contributed by atoms with E-state index in [0.717, 1.165) is 12.8 Å². The van der Waals surface area contributed by atoms with Crippen molar-refractivity contribution in [2.45, 2.75) is 76.0 Å². The second-order valence-electron chi connectivity index (χ2n) is 5.77. The average molecular weight is 340 g/mol. The van der Waals surface area contributed by atoms with Crippen LogP contribution in [0.4, 0.5) is 0 Å². The van der Waals surface area contributed by atoms with E-state index in [2.05, 4.69) is 6.92 Å². The highest BCUT2D eigenvalue weighted by Crippen LogP contribution is 2.16. The Morgan fingerprint density at radius 2 is 1.48 bits per heavy atom. The summed E-state index contributed by atoms with van der Waals surface area (Å²) in [7, 11) is 0. The Morgan fingerprint density at radius 3 is 2.00 bits per heavy atom. The molecule has 5 heteroatoms. The lowest BCUT2D eigenvalue weighted by atomic mass is 10.1. The fraction of sp³-hybridized carbons (Fsp3) is 0.611. The molecule has 1 atom stereocenters. The molecule has 1 aromatic rings. The van der Waals surface area contributed by atoms with Crippen molar-refractivity contribution >= 4 is 17.0 Å². The Bertz CT molecular complexity index is 470. The second-order valence-corrected chi connectivity index (χ2v) is 6.74. The molecule has 0 saturated carbocycles. The minimum Gasteiger partial charge on any atom is -0.427 e. The molecule has 0 aliphatic heterocycles. The molecule has 0 bridgehead atoms. The summed E-state index contributed by atoms with van der Waals surface area (Å²) < 4.78 is 24.9. The van der Waals surface area contributed by atoms with E-state index in [9.17, 15) is 9.00 Å². The lowest BCUT2D eigenvalue weighted by Gasteiger charge is -2.05. The number of carbonyl (C=O) groups is 1. The van der Waals surface area contributed by atoms with Crippen molar-refractivity contribution in [3.63, 3.8) is 0 Å². The Morgan fingerprint density at radius 1 is 0.957 bits per heavy atom. The first-order chi connectivity index (χ1) is 11.1. The summed E-state index contributed by atoms with van der Waals surface area (Å²) >= 11 is -2.00. The summed E-state index contributed by atoms with van der Waals surface area (Å²) in [6, 6.07) is 6.05. The summed E-state index contributed by atoms with van der Waals surface area (Å²) in [4.78, 5) is 12.0. The van der Waals surface area contributed by atoms with Crippen molar-refractivity contribution in [2.24, 2.45) is 0 Å². The van der Waals surface area contributed by atoms with Crippen LogP contribution in [0.1, 0.15) is 71.1 Å². The largest absolute Gasteiger partial charge is 0.427 e. The number of hydrogen-bond donors (Lipinski definition) is 1. The van der Waals surface area contributed by atoms with Crippen LogP contribution in [0, 0.1) is 0 Å². The van der Waals surface area contributed by atoms with E-state index in [1.54, 1.807) is 0 Å². The van der Waals surface area contributed by atoms with Crippen molar-refractivity contribution in [1.82, 2.24) is 0 Å². The molecule has 0 aromatic heterocycles. The highest BCUT2D eigenvalue weighted by atomic mass is 32.2. The van der Waals surface area contributed by atoms with Gasteiger partial charge in [0.1, 0.15) is 5.75 Å². The molecule has 1 rings (SSSR count). The van der Waals surface area contributed by atoms with E-state index in [1.807, 2.05) is 0 Å². The minimum atomic E-state index is -2.00. The van der Waals surface area contributed by atoms with Gasteiger partial charge in [0.15, 0.2) is 11.1 Å².